The van der Waals surface area contributed by atoms with Crippen molar-refractivity contribution in [3.8, 4) is 6.07 Å². The van der Waals surface area contributed by atoms with Gasteiger partial charge in [0, 0.05) is 16.3 Å². The Morgan fingerprint density at radius 2 is 2.07 bits per heavy atom. The summed E-state index contributed by atoms with van der Waals surface area (Å²) in [6, 6.07) is 5.84. The van der Waals surface area contributed by atoms with Gasteiger partial charge in [0.25, 0.3) is 0 Å². The summed E-state index contributed by atoms with van der Waals surface area (Å²) in [5, 5.41) is 9.39. The summed E-state index contributed by atoms with van der Waals surface area (Å²) in [6.07, 6.45) is 8.58. The first-order valence-corrected chi connectivity index (χ1v) is 6.29. The lowest BCUT2D eigenvalue weighted by atomic mass is 10.0. The predicted octanol–water partition coefficient (Wildman–Crippen LogP) is 3.38. The predicted molar refractivity (Wildman–Crippen MR) is 61.7 cm³/mol. The molecule has 1 aromatic rings. The van der Waals surface area contributed by atoms with Crippen molar-refractivity contribution in [3.63, 3.8) is 0 Å². The van der Waals surface area contributed by atoms with Crippen molar-refractivity contribution in [2.45, 2.75) is 42.2 Å². The molecule has 0 spiro atoms. The molecule has 78 valence electrons. The smallest absolute Gasteiger partial charge is 0.140 e. The van der Waals surface area contributed by atoms with Gasteiger partial charge in [-0.2, -0.15) is 5.26 Å². The molecular weight excluding hydrogens is 204 g/mol. The number of nitrogens with zero attached hydrogens (tertiary/aromatic N) is 2. The highest BCUT2D eigenvalue weighted by atomic mass is 32.2. The minimum atomic E-state index is 0.503. The van der Waals surface area contributed by atoms with Gasteiger partial charge in [0.05, 0.1) is 0 Å². The monoisotopic (exact) mass is 218 g/mol. The number of rotatable bonds is 2. The Kier molecular flexibility index (Phi) is 3.63. The maximum atomic E-state index is 8.63. The molecule has 0 aromatic carbocycles. The van der Waals surface area contributed by atoms with Crippen LogP contribution in [-0.2, 0) is 0 Å². The maximum Gasteiger partial charge on any atom is 0.140 e. The zero-order chi connectivity index (χ0) is 10.5. The third-order valence-electron chi connectivity index (χ3n) is 2.71. The molecule has 3 heteroatoms. The second kappa shape index (κ2) is 5.18. The molecular formula is C12H14N2S. The quantitative estimate of drug-likeness (QED) is 0.763. The standard InChI is InChI=1S/C12H14N2S/c13-8-10-6-7-12(9-14-10)15-11-4-2-1-3-5-11/h6-7,9,11H,1-5H2. The summed E-state index contributed by atoms with van der Waals surface area (Å²) >= 11 is 1.91. The van der Waals surface area contributed by atoms with Gasteiger partial charge < -0.3 is 0 Å². The van der Waals surface area contributed by atoms with Crippen molar-refractivity contribution in [1.29, 1.82) is 5.26 Å². The Bertz CT molecular complexity index is 347. The summed E-state index contributed by atoms with van der Waals surface area (Å²) in [5.74, 6) is 0. The van der Waals surface area contributed by atoms with Crippen LogP contribution in [0, 0.1) is 11.3 Å². The number of aromatic nitrogens is 1. The van der Waals surface area contributed by atoms with E-state index < -0.39 is 0 Å². The normalized spacial score (nSPS) is 17.3. The van der Waals surface area contributed by atoms with Crippen molar-refractivity contribution in [3.05, 3.63) is 24.0 Å². The number of hydrogen-bond acceptors (Lipinski definition) is 3. The van der Waals surface area contributed by atoms with Gasteiger partial charge in [0.2, 0.25) is 0 Å². The van der Waals surface area contributed by atoms with Crippen LogP contribution >= 0.6 is 11.8 Å². The van der Waals surface area contributed by atoms with Crippen LogP contribution < -0.4 is 0 Å². The van der Waals surface area contributed by atoms with Gasteiger partial charge in [0.15, 0.2) is 0 Å². The van der Waals surface area contributed by atoms with Crippen molar-refractivity contribution in [2.24, 2.45) is 0 Å². The van der Waals surface area contributed by atoms with Crippen LogP contribution in [0.15, 0.2) is 23.2 Å². The van der Waals surface area contributed by atoms with Gasteiger partial charge in [-0.05, 0) is 25.0 Å². The zero-order valence-electron chi connectivity index (χ0n) is 8.65. The summed E-state index contributed by atoms with van der Waals surface area (Å²) < 4.78 is 0. The number of nitriles is 1. The van der Waals surface area contributed by atoms with Crippen molar-refractivity contribution in [2.75, 3.05) is 0 Å². The van der Waals surface area contributed by atoms with Gasteiger partial charge in [-0.25, -0.2) is 4.98 Å². The molecule has 2 rings (SSSR count). The summed E-state index contributed by atoms with van der Waals surface area (Å²) in [6.45, 7) is 0. The van der Waals surface area contributed by atoms with E-state index in [9.17, 15) is 0 Å². The van der Waals surface area contributed by atoms with Crippen LogP contribution in [-0.4, -0.2) is 10.2 Å². The number of hydrogen-bond donors (Lipinski definition) is 0. The molecule has 0 unspecified atom stereocenters. The fraction of sp³-hybridized carbons (Fsp3) is 0.500. The molecule has 0 saturated heterocycles. The van der Waals surface area contributed by atoms with Gasteiger partial charge >= 0.3 is 0 Å². The molecule has 0 radical (unpaired) electrons. The van der Waals surface area contributed by atoms with Crippen LogP contribution in [0.3, 0.4) is 0 Å². The van der Waals surface area contributed by atoms with Crippen LogP contribution in [0.2, 0.25) is 0 Å². The lowest BCUT2D eigenvalue weighted by molar-refractivity contribution is 0.516. The van der Waals surface area contributed by atoms with E-state index in [0.717, 1.165) is 5.25 Å². The van der Waals surface area contributed by atoms with Gasteiger partial charge in [0.1, 0.15) is 11.8 Å². The van der Waals surface area contributed by atoms with E-state index in [1.807, 2.05) is 30.1 Å². The maximum absolute atomic E-state index is 8.63. The topological polar surface area (TPSA) is 36.7 Å². The molecule has 0 aliphatic heterocycles. The van der Waals surface area contributed by atoms with Crippen LogP contribution in [0.25, 0.3) is 0 Å². The van der Waals surface area contributed by atoms with Gasteiger partial charge in [-0.15, -0.1) is 11.8 Å². The average molecular weight is 218 g/mol. The molecule has 1 aromatic heterocycles. The molecule has 2 nitrogen and oxygen atoms in total. The first-order chi connectivity index (χ1) is 7.38. The molecule has 0 N–H and O–H groups in total. The van der Waals surface area contributed by atoms with E-state index >= 15 is 0 Å². The van der Waals surface area contributed by atoms with Gasteiger partial charge in [-0.3, -0.25) is 0 Å². The SMILES string of the molecule is N#Cc1ccc(SC2CCCCC2)cn1. The van der Waals surface area contributed by atoms with E-state index in [0.29, 0.717) is 5.69 Å². The first kappa shape index (κ1) is 10.5. The third-order valence-corrected chi connectivity index (χ3v) is 4.02. The highest BCUT2D eigenvalue weighted by Crippen LogP contribution is 2.33. The minimum absolute atomic E-state index is 0.503. The fourth-order valence-electron chi connectivity index (χ4n) is 1.89. The zero-order valence-corrected chi connectivity index (χ0v) is 9.46. The Morgan fingerprint density at radius 3 is 2.67 bits per heavy atom. The molecule has 1 aliphatic carbocycles. The molecule has 1 heterocycles. The molecule has 1 saturated carbocycles. The van der Waals surface area contributed by atoms with Crippen molar-refractivity contribution in [1.82, 2.24) is 4.98 Å². The van der Waals surface area contributed by atoms with E-state index in [1.54, 1.807) is 6.07 Å². The molecule has 1 fully saturated rings. The van der Waals surface area contributed by atoms with E-state index in [1.165, 1.54) is 37.0 Å². The van der Waals surface area contributed by atoms with E-state index in [2.05, 4.69) is 4.98 Å². The molecule has 0 atom stereocenters. The van der Waals surface area contributed by atoms with Crippen LogP contribution in [0.5, 0.6) is 0 Å². The second-order valence-corrected chi connectivity index (χ2v) is 5.24. The highest BCUT2D eigenvalue weighted by Gasteiger charge is 2.14. The molecule has 0 amide bonds. The van der Waals surface area contributed by atoms with Crippen molar-refractivity contribution >= 4 is 11.8 Å². The average Bonchev–Trinajstić information content (AvgIpc) is 2.31. The Labute approximate surface area is 94.7 Å². The Balaban J connectivity index is 1.95. The Hall–Kier alpha value is -1.01. The largest absolute Gasteiger partial charge is 0.244 e. The molecule has 1 aliphatic rings. The van der Waals surface area contributed by atoms with E-state index in [4.69, 9.17) is 5.26 Å². The minimum Gasteiger partial charge on any atom is -0.244 e. The van der Waals surface area contributed by atoms with E-state index in [-0.39, 0.29) is 0 Å². The van der Waals surface area contributed by atoms with Crippen LogP contribution in [0.4, 0.5) is 0 Å². The number of thioether (sulfide) groups is 1. The van der Waals surface area contributed by atoms with Crippen molar-refractivity contribution < 1.29 is 0 Å². The summed E-state index contributed by atoms with van der Waals surface area (Å²) in [5.41, 5.74) is 0.503. The molecule has 15 heavy (non-hydrogen) atoms. The number of pyridine rings is 1. The first-order valence-electron chi connectivity index (χ1n) is 5.41. The molecule has 0 bridgehead atoms. The van der Waals surface area contributed by atoms with Gasteiger partial charge in [-0.1, -0.05) is 19.3 Å². The Morgan fingerprint density at radius 1 is 1.27 bits per heavy atom. The van der Waals surface area contributed by atoms with Crippen LogP contribution in [0.1, 0.15) is 37.8 Å². The summed E-state index contributed by atoms with van der Waals surface area (Å²) in [4.78, 5) is 5.28. The third kappa shape index (κ3) is 2.97. The summed E-state index contributed by atoms with van der Waals surface area (Å²) in [7, 11) is 0. The second-order valence-electron chi connectivity index (χ2n) is 3.87. The highest BCUT2D eigenvalue weighted by molar-refractivity contribution is 8.00. The fourth-order valence-corrected chi connectivity index (χ4v) is 3.11. The lowest BCUT2D eigenvalue weighted by Crippen LogP contribution is -2.07. The lowest BCUT2D eigenvalue weighted by Gasteiger charge is -2.20.